The molecule has 1 aliphatic heterocycles. The molecule has 2 amide bonds. The third-order valence-electron chi connectivity index (χ3n) is 4.93. The van der Waals surface area contributed by atoms with Gasteiger partial charge in [-0.1, -0.05) is 22.0 Å². The fraction of sp³-hybridized carbons (Fsp3) is 0.333. The lowest BCUT2D eigenvalue weighted by atomic mass is 9.85. The van der Waals surface area contributed by atoms with Gasteiger partial charge in [0.25, 0.3) is 5.91 Å². The largest absolute Gasteiger partial charge is 0.465 e. The fourth-order valence-electron chi connectivity index (χ4n) is 3.34. The molecule has 28 heavy (non-hydrogen) atoms. The second-order valence-corrected chi connectivity index (χ2v) is 7.58. The van der Waals surface area contributed by atoms with E-state index in [4.69, 9.17) is 5.73 Å². The van der Waals surface area contributed by atoms with Gasteiger partial charge in [-0.3, -0.25) is 9.48 Å². The van der Waals surface area contributed by atoms with Gasteiger partial charge in [-0.05, 0) is 31.0 Å². The summed E-state index contributed by atoms with van der Waals surface area (Å²) >= 11 is 3.39. The van der Waals surface area contributed by atoms with E-state index in [2.05, 4.69) is 32.4 Å². The van der Waals surface area contributed by atoms with E-state index in [0.717, 1.165) is 10.2 Å². The number of nitrogens with zero attached hydrogens (tertiary/aromatic N) is 4. The van der Waals surface area contributed by atoms with Crippen molar-refractivity contribution < 1.29 is 14.7 Å². The lowest BCUT2D eigenvalue weighted by molar-refractivity contribution is 0.0888. The number of amides is 2. The number of carbonyl (C=O) groups is 2. The van der Waals surface area contributed by atoms with Crippen LogP contribution in [0.4, 0.5) is 16.3 Å². The highest BCUT2D eigenvalue weighted by Crippen LogP contribution is 2.35. The molecule has 1 aromatic heterocycles. The number of nitrogens with two attached hydrogens (primary N) is 1. The van der Waals surface area contributed by atoms with Crippen molar-refractivity contribution in [3.63, 3.8) is 0 Å². The maximum atomic E-state index is 11.9. The van der Waals surface area contributed by atoms with Crippen molar-refractivity contribution in [3.8, 4) is 6.07 Å². The molecule has 9 nitrogen and oxygen atoms in total. The van der Waals surface area contributed by atoms with Crippen LogP contribution in [0, 0.1) is 11.3 Å². The number of carbonyl (C=O) groups excluding carboxylic acids is 1. The summed E-state index contributed by atoms with van der Waals surface area (Å²) in [5.41, 5.74) is 5.76. The number of primary amides is 1. The Morgan fingerprint density at radius 3 is 2.68 bits per heavy atom. The van der Waals surface area contributed by atoms with Crippen LogP contribution < -0.4 is 11.1 Å². The van der Waals surface area contributed by atoms with Crippen molar-refractivity contribution in [3.05, 3.63) is 40.5 Å². The number of hydrogen-bond donors (Lipinski definition) is 3. The number of rotatable bonds is 5. The first-order chi connectivity index (χ1) is 13.3. The molecule has 0 atom stereocenters. The topological polar surface area (TPSA) is 137 Å². The molecule has 0 bridgehead atoms. The molecule has 0 radical (unpaired) electrons. The lowest BCUT2D eigenvalue weighted by Crippen LogP contribution is -2.47. The predicted molar refractivity (Wildman–Crippen MR) is 105 cm³/mol. The molecule has 1 aliphatic rings. The summed E-state index contributed by atoms with van der Waals surface area (Å²) in [6, 6.07) is 9.54. The average Bonchev–Trinajstić information content (AvgIpc) is 3.07. The molecule has 0 spiro atoms. The summed E-state index contributed by atoms with van der Waals surface area (Å²) < 4.78 is 2.45. The Bertz CT molecular complexity index is 943. The van der Waals surface area contributed by atoms with Gasteiger partial charge >= 0.3 is 6.09 Å². The van der Waals surface area contributed by atoms with Gasteiger partial charge in [0, 0.05) is 29.4 Å². The number of benzene rings is 1. The molecule has 146 valence electrons. The Hall–Kier alpha value is -3.06. The molecule has 1 fully saturated rings. The monoisotopic (exact) mass is 446 g/mol. The van der Waals surface area contributed by atoms with Crippen LogP contribution in [-0.2, 0) is 5.54 Å². The molecule has 2 heterocycles. The SMILES string of the molecule is N#CCC1(n2cc(C(N)=O)c(Nc3cccc(Br)c3)n2)CCN(C(=O)O)CC1. The summed E-state index contributed by atoms with van der Waals surface area (Å²) in [5.74, 6) is -0.345. The van der Waals surface area contributed by atoms with Crippen LogP contribution in [0.3, 0.4) is 0 Å². The molecule has 1 aromatic carbocycles. The second-order valence-electron chi connectivity index (χ2n) is 6.66. The van der Waals surface area contributed by atoms with Crippen LogP contribution >= 0.6 is 15.9 Å². The van der Waals surface area contributed by atoms with E-state index >= 15 is 0 Å². The van der Waals surface area contributed by atoms with Gasteiger partial charge in [-0.15, -0.1) is 0 Å². The van der Waals surface area contributed by atoms with Crippen molar-refractivity contribution in [2.75, 3.05) is 18.4 Å². The first-order valence-electron chi connectivity index (χ1n) is 8.62. The quantitative estimate of drug-likeness (QED) is 0.645. The molecule has 4 N–H and O–H groups in total. The number of halogens is 1. The first kappa shape index (κ1) is 19.7. The molecule has 10 heteroatoms. The lowest BCUT2D eigenvalue weighted by Gasteiger charge is -2.39. The molecule has 0 unspecified atom stereocenters. The van der Waals surface area contributed by atoms with Crippen LogP contribution in [0.15, 0.2) is 34.9 Å². The molecule has 1 saturated heterocycles. The normalized spacial score (nSPS) is 15.6. The molecule has 0 saturated carbocycles. The van der Waals surface area contributed by atoms with Crippen molar-refractivity contribution >= 4 is 39.4 Å². The maximum Gasteiger partial charge on any atom is 0.407 e. The van der Waals surface area contributed by atoms with Crippen LogP contribution in [0.2, 0.25) is 0 Å². The number of nitrogens with one attached hydrogen (secondary N) is 1. The standard InChI is InChI=1S/C18H19BrN6O3/c19-12-2-1-3-13(10-12)22-16-14(15(21)26)11-25(23-16)18(4-7-20)5-8-24(9-6-18)17(27)28/h1-3,10-11H,4-6,8-9H2,(H2,21,26)(H,22,23)(H,27,28). The van der Waals surface area contributed by atoms with Crippen LogP contribution in [0.5, 0.6) is 0 Å². The Labute approximate surface area is 169 Å². The number of piperidine rings is 1. The Morgan fingerprint density at radius 1 is 1.39 bits per heavy atom. The number of anilines is 2. The number of aromatic nitrogens is 2. The molecule has 0 aliphatic carbocycles. The number of hydrogen-bond acceptors (Lipinski definition) is 5. The number of nitriles is 1. The maximum absolute atomic E-state index is 11.9. The number of likely N-dealkylation sites (tertiary alicyclic amines) is 1. The highest BCUT2D eigenvalue weighted by atomic mass is 79.9. The van der Waals surface area contributed by atoms with E-state index in [0.29, 0.717) is 18.7 Å². The summed E-state index contributed by atoms with van der Waals surface area (Å²) in [7, 11) is 0. The first-order valence-corrected chi connectivity index (χ1v) is 9.41. The van der Waals surface area contributed by atoms with E-state index < -0.39 is 17.5 Å². The van der Waals surface area contributed by atoms with E-state index in [-0.39, 0.29) is 25.1 Å². The van der Waals surface area contributed by atoms with Gasteiger partial charge in [-0.25, -0.2) is 4.79 Å². The zero-order chi connectivity index (χ0) is 20.3. The van der Waals surface area contributed by atoms with Gasteiger partial charge in [0.05, 0.1) is 18.0 Å². The van der Waals surface area contributed by atoms with Crippen molar-refractivity contribution in [1.29, 1.82) is 5.26 Å². The molecule has 2 aromatic rings. The summed E-state index contributed by atoms with van der Waals surface area (Å²) in [4.78, 5) is 24.5. The third-order valence-corrected chi connectivity index (χ3v) is 5.42. The van der Waals surface area contributed by atoms with E-state index in [9.17, 15) is 20.0 Å². The summed E-state index contributed by atoms with van der Waals surface area (Å²) in [6.07, 6.45) is 1.54. The van der Waals surface area contributed by atoms with E-state index in [1.807, 2.05) is 24.3 Å². The van der Waals surface area contributed by atoms with Crippen LogP contribution in [0.1, 0.15) is 29.6 Å². The zero-order valence-electron chi connectivity index (χ0n) is 14.9. The number of carboxylic acid groups (broad SMARTS) is 1. The zero-order valence-corrected chi connectivity index (χ0v) is 16.5. The molecular formula is C18H19BrN6O3. The fourth-order valence-corrected chi connectivity index (χ4v) is 3.74. The second kappa shape index (κ2) is 7.90. The summed E-state index contributed by atoms with van der Waals surface area (Å²) in [6.45, 7) is 0.578. The highest BCUT2D eigenvalue weighted by Gasteiger charge is 2.39. The Kier molecular flexibility index (Phi) is 5.56. The van der Waals surface area contributed by atoms with E-state index in [1.54, 1.807) is 4.68 Å². The Balaban J connectivity index is 1.95. The van der Waals surface area contributed by atoms with Crippen molar-refractivity contribution in [2.24, 2.45) is 5.73 Å². The van der Waals surface area contributed by atoms with Gasteiger partial charge in [0.15, 0.2) is 5.82 Å². The van der Waals surface area contributed by atoms with Crippen LogP contribution in [0.25, 0.3) is 0 Å². The minimum atomic E-state index is -0.985. The third kappa shape index (κ3) is 3.94. The summed E-state index contributed by atoms with van der Waals surface area (Å²) in [5, 5.41) is 26.1. The smallest absolute Gasteiger partial charge is 0.407 e. The van der Waals surface area contributed by atoms with Crippen LogP contribution in [-0.4, -0.2) is 44.9 Å². The van der Waals surface area contributed by atoms with Gasteiger partial charge < -0.3 is 21.1 Å². The average molecular weight is 447 g/mol. The minimum Gasteiger partial charge on any atom is -0.465 e. The van der Waals surface area contributed by atoms with Gasteiger partial charge in [-0.2, -0.15) is 10.4 Å². The molecular weight excluding hydrogens is 428 g/mol. The molecule has 3 rings (SSSR count). The van der Waals surface area contributed by atoms with E-state index in [1.165, 1.54) is 11.1 Å². The van der Waals surface area contributed by atoms with Gasteiger partial charge in [0.1, 0.15) is 5.56 Å². The van der Waals surface area contributed by atoms with Gasteiger partial charge in [0.2, 0.25) is 0 Å². The van der Waals surface area contributed by atoms with Crippen molar-refractivity contribution in [2.45, 2.75) is 24.8 Å². The highest BCUT2D eigenvalue weighted by molar-refractivity contribution is 9.10. The minimum absolute atomic E-state index is 0.149. The van der Waals surface area contributed by atoms with Crippen molar-refractivity contribution in [1.82, 2.24) is 14.7 Å². The Morgan fingerprint density at radius 2 is 2.11 bits per heavy atom. The predicted octanol–water partition coefficient (Wildman–Crippen LogP) is 2.87.